The minimum absolute atomic E-state index is 0.0291. The zero-order valence-corrected chi connectivity index (χ0v) is 18.5. The fourth-order valence-electron chi connectivity index (χ4n) is 2.61. The molecule has 0 bridgehead atoms. The molecule has 31 heavy (non-hydrogen) atoms. The highest BCUT2D eigenvalue weighted by Gasteiger charge is 2.13. The molecule has 0 spiro atoms. The average molecular weight is 458 g/mol. The van der Waals surface area contributed by atoms with Crippen molar-refractivity contribution >= 4 is 46.4 Å². The molecule has 9 heteroatoms. The third-order valence-corrected chi connectivity index (χ3v) is 5.35. The zero-order chi connectivity index (χ0) is 22.4. The molecule has 0 aliphatic rings. The molecular formula is C22H20ClN3O4S. The molecule has 2 aromatic carbocycles. The van der Waals surface area contributed by atoms with Crippen molar-refractivity contribution in [2.75, 3.05) is 26.0 Å². The van der Waals surface area contributed by atoms with Crippen LogP contribution in [0.2, 0.25) is 5.02 Å². The number of hydrogen-bond donors (Lipinski definition) is 1. The Balaban J connectivity index is 1.47. The standard InChI is InChI=1S/C22H20ClN3O4S/c1-26(2)22(29)15-5-9-17(10-6-15)24-19(27)12-30-20(28)11-18-13-31-21(25-18)14-3-7-16(23)8-4-14/h3-10,13H,11-12H2,1-2H3,(H,24,27). The second kappa shape index (κ2) is 10.2. The van der Waals surface area contributed by atoms with E-state index >= 15 is 0 Å². The van der Waals surface area contributed by atoms with Crippen LogP contribution in [-0.4, -0.2) is 48.4 Å². The van der Waals surface area contributed by atoms with Crippen molar-refractivity contribution in [3.63, 3.8) is 0 Å². The third-order valence-electron chi connectivity index (χ3n) is 4.15. The van der Waals surface area contributed by atoms with Gasteiger partial charge in [0.25, 0.3) is 11.8 Å². The van der Waals surface area contributed by atoms with Gasteiger partial charge in [0.2, 0.25) is 0 Å². The van der Waals surface area contributed by atoms with Crippen LogP contribution in [0.1, 0.15) is 16.1 Å². The molecule has 0 aliphatic carbocycles. The molecule has 7 nitrogen and oxygen atoms in total. The largest absolute Gasteiger partial charge is 0.455 e. The van der Waals surface area contributed by atoms with Gasteiger partial charge in [-0.3, -0.25) is 14.4 Å². The molecule has 0 unspecified atom stereocenters. The lowest BCUT2D eigenvalue weighted by Crippen LogP contribution is -2.22. The summed E-state index contributed by atoms with van der Waals surface area (Å²) in [4.78, 5) is 41.8. The van der Waals surface area contributed by atoms with Crippen molar-refractivity contribution in [2.45, 2.75) is 6.42 Å². The van der Waals surface area contributed by atoms with Gasteiger partial charge in [0.05, 0.1) is 12.1 Å². The van der Waals surface area contributed by atoms with Gasteiger partial charge in [0, 0.05) is 41.3 Å². The molecule has 3 aromatic rings. The van der Waals surface area contributed by atoms with Crippen molar-refractivity contribution < 1.29 is 19.1 Å². The number of hydrogen-bond acceptors (Lipinski definition) is 6. The molecule has 0 saturated carbocycles. The summed E-state index contributed by atoms with van der Waals surface area (Å²) in [6, 6.07) is 13.7. The number of aromatic nitrogens is 1. The Bertz CT molecular complexity index is 1080. The van der Waals surface area contributed by atoms with E-state index in [2.05, 4.69) is 10.3 Å². The van der Waals surface area contributed by atoms with Gasteiger partial charge in [0.15, 0.2) is 6.61 Å². The summed E-state index contributed by atoms with van der Waals surface area (Å²) >= 11 is 7.30. The molecule has 3 rings (SSSR count). The summed E-state index contributed by atoms with van der Waals surface area (Å²) in [5.41, 5.74) is 2.49. The summed E-state index contributed by atoms with van der Waals surface area (Å²) in [5, 5.41) is 5.81. The predicted molar refractivity (Wildman–Crippen MR) is 120 cm³/mol. The number of rotatable bonds is 7. The molecule has 1 aromatic heterocycles. The smallest absolute Gasteiger partial charge is 0.312 e. The number of anilines is 1. The zero-order valence-electron chi connectivity index (χ0n) is 16.9. The first-order chi connectivity index (χ1) is 14.8. The Morgan fingerprint density at radius 2 is 1.74 bits per heavy atom. The fourth-order valence-corrected chi connectivity index (χ4v) is 3.56. The molecule has 0 aliphatic heterocycles. The topological polar surface area (TPSA) is 88.6 Å². The van der Waals surface area contributed by atoms with Crippen LogP contribution in [0.25, 0.3) is 10.6 Å². The minimum Gasteiger partial charge on any atom is -0.455 e. The van der Waals surface area contributed by atoms with E-state index in [1.165, 1.54) is 16.2 Å². The number of ether oxygens (including phenoxy) is 1. The lowest BCUT2D eigenvalue weighted by molar-refractivity contribution is -0.146. The van der Waals surface area contributed by atoms with E-state index in [1.54, 1.807) is 55.9 Å². The molecule has 0 saturated heterocycles. The van der Waals surface area contributed by atoms with Crippen molar-refractivity contribution in [2.24, 2.45) is 0 Å². The number of esters is 1. The number of amides is 2. The highest BCUT2D eigenvalue weighted by atomic mass is 35.5. The molecule has 160 valence electrons. The van der Waals surface area contributed by atoms with E-state index < -0.39 is 18.5 Å². The molecule has 0 atom stereocenters. The van der Waals surface area contributed by atoms with Crippen molar-refractivity contribution in [1.29, 1.82) is 0 Å². The number of thiazole rings is 1. The Morgan fingerprint density at radius 1 is 1.06 bits per heavy atom. The van der Waals surface area contributed by atoms with E-state index in [-0.39, 0.29) is 12.3 Å². The molecule has 1 N–H and O–H groups in total. The van der Waals surface area contributed by atoms with Gasteiger partial charge in [-0.05, 0) is 36.4 Å². The van der Waals surface area contributed by atoms with Gasteiger partial charge >= 0.3 is 5.97 Å². The normalized spacial score (nSPS) is 10.4. The molecule has 0 fully saturated rings. The van der Waals surface area contributed by atoms with Gasteiger partial charge in [-0.15, -0.1) is 11.3 Å². The first-order valence-electron chi connectivity index (χ1n) is 9.29. The second-order valence-corrected chi connectivity index (χ2v) is 8.11. The van der Waals surface area contributed by atoms with Crippen LogP contribution in [0, 0.1) is 0 Å². The Hall–Kier alpha value is -3.23. The van der Waals surface area contributed by atoms with Gasteiger partial charge < -0.3 is 15.0 Å². The lowest BCUT2D eigenvalue weighted by Gasteiger charge is -2.11. The van der Waals surface area contributed by atoms with E-state index in [1.807, 2.05) is 12.1 Å². The van der Waals surface area contributed by atoms with E-state index in [0.717, 1.165) is 10.6 Å². The van der Waals surface area contributed by atoms with E-state index in [9.17, 15) is 14.4 Å². The molecule has 0 radical (unpaired) electrons. The summed E-state index contributed by atoms with van der Waals surface area (Å²) in [7, 11) is 3.33. The summed E-state index contributed by atoms with van der Waals surface area (Å²) in [5.74, 6) is -1.15. The van der Waals surface area contributed by atoms with Crippen LogP contribution in [0.15, 0.2) is 53.9 Å². The van der Waals surface area contributed by atoms with Gasteiger partial charge in [-0.2, -0.15) is 0 Å². The highest BCUT2D eigenvalue weighted by molar-refractivity contribution is 7.13. The SMILES string of the molecule is CN(C)C(=O)c1ccc(NC(=O)COC(=O)Cc2csc(-c3ccc(Cl)cc3)n2)cc1. The van der Waals surface area contributed by atoms with Crippen LogP contribution >= 0.6 is 22.9 Å². The fraction of sp³-hybridized carbons (Fsp3) is 0.182. The summed E-state index contributed by atoms with van der Waals surface area (Å²) in [6.07, 6.45) is -0.0291. The van der Waals surface area contributed by atoms with Crippen LogP contribution in [-0.2, 0) is 20.7 Å². The lowest BCUT2D eigenvalue weighted by atomic mass is 10.2. The monoisotopic (exact) mass is 457 g/mol. The summed E-state index contributed by atoms with van der Waals surface area (Å²) in [6.45, 7) is -0.411. The number of halogens is 1. The maximum Gasteiger partial charge on any atom is 0.312 e. The quantitative estimate of drug-likeness (QED) is 0.544. The van der Waals surface area contributed by atoms with Crippen molar-refractivity contribution in [3.05, 3.63) is 70.2 Å². The van der Waals surface area contributed by atoms with Crippen LogP contribution < -0.4 is 5.32 Å². The predicted octanol–water partition coefficient (Wildman–Crippen LogP) is 3.89. The van der Waals surface area contributed by atoms with Crippen molar-refractivity contribution in [1.82, 2.24) is 9.88 Å². The van der Waals surface area contributed by atoms with Gasteiger partial charge in [-0.25, -0.2) is 4.98 Å². The maximum atomic E-state index is 12.0. The van der Waals surface area contributed by atoms with Gasteiger partial charge in [-0.1, -0.05) is 23.7 Å². The van der Waals surface area contributed by atoms with Crippen LogP contribution in [0.4, 0.5) is 5.69 Å². The molecule has 1 heterocycles. The number of carbonyl (C=O) groups is 3. The first kappa shape index (κ1) is 22.5. The first-order valence-corrected chi connectivity index (χ1v) is 10.5. The summed E-state index contributed by atoms with van der Waals surface area (Å²) < 4.78 is 5.04. The minimum atomic E-state index is -0.546. The Morgan fingerprint density at radius 3 is 2.39 bits per heavy atom. The van der Waals surface area contributed by atoms with Crippen LogP contribution in [0.3, 0.4) is 0 Å². The number of carbonyl (C=O) groups excluding carboxylic acids is 3. The highest BCUT2D eigenvalue weighted by Crippen LogP contribution is 2.25. The Kier molecular flexibility index (Phi) is 7.38. The van der Waals surface area contributed by atoms with E-state index in [0.29, 0.717) is 22.0 Å². The van der Waals surface area contributed by atoms with Crippen LogP contribution in [0.5, 0.6) is 0 Å². The molecule has 2 amide bonds. The van der Waals surface area contributed by atoms with Crippen molar-refractivity contribution in [3.8, 4) is 10.6 Å². The second-order valence-electron chi connectivity index (χ2n) is 6.81. The number of nitrogens with zero attached hydrogens (tertiary/aromatic N) is 2. The number of nitrogens with one attached hydrogen (secondary N) is 1. The molecular weight excluding hydrogens is 438 g/mol. The number of benzene rings is 2. The average Bonchev–Trinajstić information content (AvgIpc) is 3.21. The Labute approximate surface area is 188 Å². The van der Waals surface area contributed by atoms with Gasteiger partial charge in [0.1, 0.15) is 5.01 Å². The third kappa shape index (κ3) is 6.37. The maximum absolute atomic E-state index is 12.0. The van der Waals surface area contributed by atoms with E-state index in [4.69, 9.17) is 16.3 Å².